The van der Waals surface area contributed by atoms with Crippen LogP contribution in [0.5, 0.6) is 11.5 Å². The standard InChI is InChI=1S/C16H23BrO3/c1-4-5-6-7-8-9-14(18)12-10-16(20-3)13(17)11-15(12)19-2/h10-11H,4-9H2,1-3H3. The highest BCUT2D eigenvalue weighted by Gasteiger charge is 2.15. The molecule has 0 amide bonds. The Labute approximate surface area is 129 Å². The first kappa shape index (κ1) is 17.0. The van der Waals surface area contributed by atoms with Crippen LogP contribution in [0.2, 0.25) is 0 Å². The maximum atomic E-state index is 12.3. The van der Waals surface area contributed by atoms with Gasteiger partial charge in [0.1, 0.15) is 11.5 Å². The number of carbonyl (C=O) groups excluding carboxylic acids is 1. The number of ketones is 1. The van der Waals surface area contributed by atoms with Gasteiger partial charge in [0.2, 0.25) is 0 Å². The maximum absolute atomic E-state index is 12.3. The minimum absolute atomic E-state index is 0.115. The second kappa shape index (κ2) is 9.01. The van der Waals surface area contributed by atoms with Crippen LogP contribution in [0.3, 0.4) is 0 Å². The van der Waals surface area contributed by atoms with E-state index >= 15 is 0 Å². The fraction of sp³-hybridized carbons (Fsp3) is 0.562. The quantitative estimate of drug-likeness (QED) is 0.467. The molecular weight excluding hydrogens is 320 g/mol. The van der Waals surface area contributed by atoms with Crippen molar-refractivity contribution in [3.63, 3.8) is 0 Å². The molecule has 0 heterocycles. The van der Waals surface area contributed by atoms with Crippen LogP contribution in [-0.2, 0) is 0 Å². The van der Waals surface area contributed by atoms with Gasteiger partial charge in [0.15, 0.2) is 5.78 Å². The van der Waals surface area contributed by atoms with Gasteiger partial charge >= 0.3 is 0 Å². The third kappa shape index (κ3) is 4.82. The summed E-state index contributed by atoms with van der Waals surface area (Å²) in [5.41, 5.74) is 0.600. The van der Waals surface area contributed by atoms with Gasteiger partial charge in [0, 0.05) is 6.42 Å². The van der Waals surface area contributed by atoms with Gasteiger partial charge in [-0.05, 0) is 34.5 Å². The number of hydrogen-bond donors (Lipinski definition) is 0. The van der Waals surface area contributed by atoms with Crippen LogP contribution in [0.1, 0.15) is 55.8 Å². The summed E-state index contributed by atoms with van der Waals surface area (Å²) in [5.74, 6) is 1.36. The Kier molecular flexibility index (Phi) is 7.67. The highest BCUT2D eigenvalue weighted by Crippen LogP contribution is 2.33. The third-order valence-electron chi connectivity index (χ3n) is 3.28. The Morgan fingerprint density at radius 2 is 1.70 bits per heavy atom. The Morgan fingerprint density at radius 1 is 1.05 bits per heavy atom. The van der Waals surface area contributed by atoms with E-state index < -0.39 is 0 Å². The molecule has 0 fully saturated rings. The van der Waals surface area contributed by atoms with Gasteiger partial charge in [-0.25, -0.2) is 0 Å². The Bertz CT molecular complexity index is 444. The van der Waals surface area contributed by atoms with Crippen LogP contribution < -0.4 is 9.47 Å². The van der Waals surface area contributed by atoms with E-state index in [1.54, 1.807) is 26.4 Å². The largest absolute Gasteiger partial charge is 0.496 e. The average molecular weight is 343 g/mol. The molecule has 0 bridgehead atoms. The van der Waals surface area contributed by atoms with Gasteiger partial charge in [-0.3, -0.25) is 4.79 Å². The second-order valence-electron chi connectivity index (χ2n) is 4.77. The lowest BCUT2D eigenvalue weighted by molar-refractivity contribution is 0.0975. The van der Waals surface area contributed by atoms with E-state index in [9.17, 15) is 4.79 Å². The van der Waals surface area contributed by atoms with Crippen LogP contribution >= 0.6 is 15.9 Å². The van der Waals surface area contributed by atoms with Crippen LogP contribution in [0, 0.1) is 0 Å². The number of ether oxygens (including phenoxy) is 2. The Balaban J connectivity index is 2.71. The zero-order valence-corrected chi connectivity index (χ0v) is 14.1. The molecule has 112 valence electrons. The van der Waals surface area contributed by atoms with E-state index in [-0.39, 0.29) is 5.78 Å². The summed E-state index contributed by atoms with van der Waals surface area (Å²) in [6.45, 7) is 2.18. The molecule has 0 spiro atoms. The zero-order chi connectivity index (χ0) is 15.0. The van der Waals surface area contributed by atoms with Crippen LogP contribution in [0.25, 0.3) is 0 Å². The van der Waals surface area contributed by atoms with E-state index in [0.29, 0.717) is 23.5 Å². The van der Waals surface area contributed by atoms with Gasteiger partial charge in [-0.15, -0.1) is 0 Å². The van der Waals surface area contributed by atoms with E-state index in [2.05, 4.69) is 22.9 Å². The number of methoxy groups -OCH3 is 2. The molecule has 0 aliphatic carbocycles. The van der Waals surface area contributed by atoms with Crippen molar-refractivity contribution in [1.82, 2.24) is 0 Å². The van der Waals surface area contributed by atoms with Gasteiger partial charge < -0.3 is 9.47 Å². The van der Waals surface area contributed by atoms with Gasteiger partial charge in [0.05, 0.1) is 24.3 Å². The molecule has 0 aliphatic heterocycles. The molecule has 0 N–H and O–H groups in total. The van der Waals surface area contributed by atoms with Gasteiger partial charge in [0.25, 0.3) is 0 Å². The molecule has 0 unspecified atom stereocenters. The lowest BCUT2D eigenvalue weighted by Crippen LogP contribution is -2.03. The number of benzene rings is 1. The highest BCUT2D eigenvalue weighted by atomic mass is 79.9. The lowest BCUT2D eigenvalue weighted by atomic mass is 10.0. The van der Waals surface area contributed by atoms with Crippen molar-refractivity contribution in [2.75, 3.05) is 14.2 Å². The molecular formula is C16H23BrO3. The SMILES string of the molecule is CCCCCCCC(=O)c1cc(OC)c(Br)cc1OC. The number of halogens is 1. The van der Waals surface area contributed by atoms with Crippen molar-refractivity contribution >= 4 is 21.7 Å². The molecule has 0 aromatic heterocycles. The van der Waals surface area contributed by atoms with E-state index in [0.717, 1.165) is 17.3 Å². The fourth-order valence-corrected chi connectivity index (χ4v) is 2.59. The second-order valence-corrected chi connectivity index (χ2v) is 5.63. The average Bonchev–Trinajstić information content (AvgIpc) is 2.46. The van der Waals surface area contributed by atoms with Gasteiger partial charge in [-0.2, -0.15) is 0 Å². The predicted octanol–water partition coefficient (Wildman–Crippen LogP) is 5.01. The third-order valence-corrected chi connectivity index (χ3v) is 3.90. The normalized spacial score (nSPS) is 10.4. The van der Waals surface area contributed by atoms with Crippen LogP contribution in [0.4, 0.5) is 0 Å². The summed E-state index contributed by atoms with van der Waals surface area (Å²) in [7, 11) is 3.16. The predicted molar refractivity (Wildman–Crippen MR) is 85.0 cm³/mol. The van der Waals surface area contributed by atoms with Crippen molar-refractivity contribution in [2.24, 2.45) is 0 Å². The van der Waals surface area contributed by atoms with Crippen molar-refractivity contribution in [1.29, 1.82) is 0 Å². The monoisotopic (exact) mass is 342 g/mol. The topological polar surface area (TPSA) is 35.5 Å². The summed E-state index contributed by atoms with van der Waals surface area (Å²) < 4.78 is 11.3. The summed E-state index contributed by atoms with van der Waals surface area (Å²) >= 11 is 3.40. The van der Waals surface area contributed by atoms with E-state index in [1.165, 1.54) is 19.3 Å². The molecule has 1 aromatic rings. The molecule has 20 heavy (non-hydrogen) atoms. The lowest BCUT2D eigenvalue weighted by Gasteiger charge is -2.11. The summed E-state index contributed by atoms with van der Waals surface area (Å²) in [6, 6.07) is 3.53. The van der Waals surface area contributed by atoms with Crippen LogP contribution in [0.15, 0.2) is 16.6 Å². The van der Waals surface area contributed by atoms with Crippen molar-refractivity contribution in [3.8, 4) is 11.5 Å². The minimum Gasteiger partial charge on any atom is -0.496 e. The number of rotatable bonds is 9. The molecule has 4 heteroatoms. The molecule has 3 nitrogen and oxygen atoms in total. The number of hydrogen-bond acceptors (Lipinski definition) is 3. The Morgan fingerprint density at radius 3 is 2.30 bits per heavy atom. The number of unbranched alkanes of at least 4 members (excludes halogenated alkanes) is 4. The van der Waals surface area contributed by atoms with Crippen molar-refractivity contribution in [3.05, 3.63) is 22.2 Å². The molecule has 0 radical (unpaired) electrons. The van der Waals surface area contributed by atoms with E-state index in [1.807, 2.05) is 0 Å². The van der Waals surface area contributed by atoms with Gasteiger partial charge in [-0.1, -0.05) is 32.6 Å². The molecule has 0 aliphatic rings. The smallest absolute Gasteiger partial charge is 0.166 e. The fourth-order valence-electron chi connectivity index (χ4n) is 2.10. The minimum atomic E-state index is 0.115. The molecule has 0 atom stereocenters. The highest BCUT2D eigenvalue weighted by molar-refractivity contribution is 9.10. The molecule has 0 saturated carbocycles. The number of Topliss-reactive ketones (excluding diaryl/α,β-unsaturated/α-hetero) is 1. The first-order valence-electron chi connectivity index (χ1n) is 7.08. The number of carbonyl (C=O) groups is 1. The first-order chi connectivity index (χ1) is 9.63. The summed E-state index contributed by atoms with van der Waals surface area (Å²) in [5, 5.41) is 0. The Hall–Kier alpha value is -1.03. The molecule has 1 rings (SSSR count). The van der Waals surface area contributed by atoms with Crippen LogP contribution in [-0.4, -0.2) is 20.0 Å². The zero-order valence-electron chi connectivity index (χ0n) is 12.5. The molecule has 0 saturated heterocycles. The van der Waals surface area contributed by atoms with Crippen molar-refractivity contribution in [2.45, 2.75) is 45.4 Å². The maximum Gasteiger partial charge on any atom is 0.166 e. The summed E-state index contributed by atoms with van der Waals surface area (Å²) in [4.78, 5) is 12.3. The summed E-state index contributed by atoms with van der Waals surface area (Å²) in [6.07, 6.45) is 6.25. The van der Waals surface area contributed by atoms with E-state index in [4.69, 9.17) is 9.47 Å². The molecule has 1 aromatic carbocycles. The van der Waals surface area contributed by atoms with Crippen molar-refractivity contribution < 1.29 is 14.3 Å². The first-order valence-corrected chi connectivity index (χ1v) is 7.88.